The third-order valence-corrected chi connectivity index (χ3v) is 5.47. The molecular weight excluding hydrogens is 406 g/mol. The van der Waals surface area contributed by atoms with Crippen LogP contribution in [0.5, 0.6) is 0 Å². The molecule has 2 N–H and O–H groups in total. The van der Waals surface area contributed by atoms with E-state index < -0.39 is 0 Å². The molecule has 1 heterocycles. The molecule has 1 amide bonds. The quantitative estimate of drug-likeness (QED) is 0.729. The maximum Gasteiger partial charge on any atom is 0.251 e. The summed E-state index contributed by atoms with van der Waals surface area (Å²) >= 11 is 3.39. The molecule has 144 valence electrons. The topological polar surface area (TPSA) is 70.2 Å². The summed E-state index contributed by atoms with van der Waals surface area (Å²) in [6, 6.07) is 9.74. The second-order valence-electron chi connectivity index (χ2n) is 7.21. The Labute approximate surface area is 168 Å². The van der Waals surface area contributed by atoms with Crippen molar-refractivity contribution in [2.24, 2.45) is 5.92 Å². The van der Waals surface area contributed by atoms with Gasteiger partial charge in [-0.3, -0.25) is 4.79 Å². The molecule has 2 aromatic rings. The fourth-order valence-electron chi connectivity index (χ4n) is 3.30. The van der Waals surface area contributed by atoms with Crippen LogP contribution in [0.2, 0.25) is 0 Å². The summed E-state index contributed by atoms with van der Waals surface area (Å²) < 4.78 is 0.977. The number of aromatic nitrogens is 2. The van der Waals surface area contributed by atoms with E-state index in [-0.39, 0.29) is 5.91 Å². The van der Waals surface area contributed by atoms with E-state index in [1.165, 1.54) is 0 Å². The number of hydrogen-bond acceptors (Lipinski definition) is 5. The monoisotopic (exact) mass is 431 g/mol. The lowest BCUT2D eigenvalue weighted by molar-refractivity contribution is 0.0943. The minimum atomic E-state index is -0.00310. The Hall–Kier alpha value is -2.15. The molecule has 1 aliphatic rings. The Morgan fingerprint density at radius 1 is 1.15 bits per heavy atom. The fourth-order valence-corrected chi connectivity index (χ4v) is 3.57. The summed E-state index contributed by atoms with van der Waals surface area (Å²) in [7, 11) is 3.94. The van der Waals surface area contributed by atoms with Gasteiger partial charge in [0.05, 0.1) is 0 Å². The highest BCUT2D eigenvalue weighted by Gasteiger charge is 2.22. The zero-order valence-corrected chi connectivity index (χ0v) is 17.4. The van der Waals surface area contributed by atoms with Crippen molar-refractivity contribution >= 4 is 33.6 Å². The average molecular weight is 432 g/mol. The maximum absolute atomic E-state index is 12.2. The van der Waals surface area contributed by atoms with Gasteiger partial charge in [0.2, 0.25) is 5.95 Å². The molecule has 1 aromatic heterocycles. The van der Waals surface area contributed by atoms with Crippen LogP contribution < -0.4 is 15.5 Å². The third-order valence-electron chi connectivity index (χ3n) is 4.94. The van der Waals surface area contributed by atoms with E-state index in [4.69, 9.17) is 0 Å². The van der Waals surface area contributed by atoms with Gasteiger partial charge in [-0.1, -0.05) is 15.9 Å². The molecule has 0 saturated heterocycles. The van der Waals surface area contributed by atoms with E-state index in [1.54, 1.807) is 6.20 Å². The van der Waals surface area contributed by atoms with Crippen LogP contribution in [0.3, 0.4) is 0 Å². The molecule has 0 atom stereocenters. The lowest BCUT2D eigenvalue weighted by Crippen LogP contribution is -2.34. The molecule has 0 spiro atoms. The van der Waals surface area contributed by atoms with Crippen LogP contribution >= 0.6 is 15.9 Å². The highest BCUT2D eigenvalue weighted by molar-refractivity contribution is 9.10. The first-order valence-corrected chi connectivity index (χ1v) is 10.1. The van der Waals surface area contributed by atoms with Crippen LogP contribution in [-0.4, -0.2) is 42.6 Å². The molecular formula is C20H26BrN5O. The Morgan fingerprint density at radius 3 is 2.52 bits per heavy atom. The van der Waals surface area contributed by atoms with E-state index in [1.807, 2.05) is 49.3 Å². The number of carbonyl (C=O) groups is 1. The van der Waals surface area contributed by atoms with Crippen LogP contribution in [0, 0.1) is 5.92 Å². The Morgan fingerprint density at radius 2 is 1.85 bits per heavy atom. The van der Waals surface area contributed by atoms with Gasteiger partial charge in [-0.2, -0.15) is 4.98 Å². The highest BCUT2D eigenvalue weighted by atomic mass is 79.9. The average Bonchev–Trinajstić information content (AvgIpc) is 2.68. The summed E-state index contributed by atoms with van der Waals surface area (Å²) in [6.45, 7) is 0.730. The van der Waals surface area contributed by atoms with Crippen molar-refractivity contribution in [1.29, 1.82) is 0 Å². The zero-order valence-electron chi connectivity index (χ0n) is 15.8. The van der Waals surface area contributed by atoms with Crippen molar-refractivity contribution < 1.29 is 4.79 Å². The predicted molar refractivity (Wildman–Crippen MR) is 112 cm³/mol. The molecule has 0 aliphatic heterocycles. The van der Waals surface area contributed by atoms with Crippen LogP contribution in [0.25, 0.3) is 0 Å². The van der Waals surface area contributed by atoms with Crippen LogP contribution in [0.1, 0.15) is 36.0 Å². The smallest absolute Gasteiger partial charge is 0.251 e. The van der Waals surface area contributed by atoms with Crippen molar-refractivity contribution in [2.75, 3.05) is 30.9 Å². The number of nitrogens with zero attached hydrogens (tertiary/aromatic N) is 3. The molecule has 6 nitrogen and oxygen atoms in total. The molecule has 0 bridgehead atoms. The summed E-state index contributed by atoms with van der Waals surface area (Å²) in [5.74, 6) is 2.11. The predicted octanol–water partition coefficient (Wildman–Crippen LogP) is 3.71. The van der Waals surface area contributed by atoms with Crippen molar-refractivity contribution in [1.82, 2.24) is 15.3 Å². The van der Waals surface area contributed by atoms with Gasteiger partial charge in [-0.25, -0.2) is 4.98 Å². The Bertz CT molecular complexity index is 757. The minimum Gasteiger partial charge on any atom is -0.363 e. The summed E-state index contributed by atoms with van der Waals surface area (Å²) in [5.41, 5.74) is 0.700. The SMILES string of the molecule is CN(C)c1ccnc(N[C@H]2CC[C@@H](CNC(=O)c3ccc(Br)cc3)CC2)n1. The van der Waals surface area contributed by atoms with Gasteiger partial charge >= 0.3 is 0 Å². The van der Waals surface area contributed by atoms with E-state index in [0.717, 1.165) is 42.5 Å². The molecule has 3 rings (SSSR count). The maximum atomic E-state index is 12.2. The number of amides is 1. The van der Waals surface area contributed by atoms with Gasteiger partial charge in [-0.05, 0) is 61.9 Å². The van der Waals surface area contributed by atoms with Crippen LogP contribution in [0.15, 0.2) is 41.0 Å². The number of hydrogen-bond donors (Lipinski definition) is 2. The van der Waals surface area contributed by atoms with Crippen molar-refractivity contribution in [2.45, 2.75) is 31.7 Å². The molecule has 0 radical (unpaired) electrons. The first-order chi connectivity index (χ1) is 13.0. The fraction of sp³-hybridized carbons (Fsp3) is 0.450. The van der Waals surface area contributed by atoms with E-state index in [9.17, 15) is 4.79 Å². The van der Waals surface area contributed by atoms with E-state index in [0.29, 0.717) is 23.5 Å². The molecule has 7 heteroatoms. The molecule has 1 aromatic carbocycles. The number of anilines is 2. The number of rotatable bonds is 6. The van der Waals surface area contributed by atoms with Crippen molar-refractivity contribution in [3.8, 4) is 0 Å². The zero-order chi connectivity index (χ0) is 19.2. The van der Waals surface area contributed by atoms with Gasteiger partial charge in [0.25, 0.3) is 5.91 Å². The number of carbonyl (C=O) groups excluding carboxylic acids is 1. The first kappa shape index (κ1) is 19.6. The highest BCUT2D eigenvalue weighted by Crippen LogP contribution is 2.26. The molecule has 1 saturated carbocycles. The first-order valence-electron chi connectivity index (χ1n) is 9.32. The number of nitrogens with one attached hydrogen (secondary N) is 2. The summed E-state index contributed by atoms with van der Waals surface area (Å²) in [4.78, 5) is 23.1. The van der Waals surface area contributed by atoms with Gasteiger partial charge in [0, 0.05) is 42.9 Å². The van der Waals surface area contributed by atoms with Crippen LogP contribution in [0.4, 0.5) is 11.8 Å². The van der Waals surface area contributed by atoms with Gasteiger partial charge in [-0.15, -0.1) is 0 Å². The van der Waals surface area contributed by atoms with Crippen molar-refractivity contribution in [3.63, 3.8) is 0 Å². The van der Waals surface area contributed by atoms with Gasteiger partial charge < -0.3 is 15.5 Å². The third kappa shape index (κ3) is 5.66. The Balaban J connectivity index is 1.43. The molecule has 1 fully saturated rings. The normalized spacial score (nSPS) is 19.4. The summed E-state index contributed by atoms with van der Waals surface area (Å²) in [5, 5.41) is 6.52. The largest absolute Gasteiger partial charge is 0.363 e. The Kier molecular flexibility index (Phi) is 6.66. The van der Waals surface area contributed by atoms with E-state index >= 15 is 0 Å². The molecule has 1 aliphatic carbocycles. The standard InChI is InChI=1S/C20H26BrN5O/c1-26(2)18-11-12-22-20(25-18)24-17-9-3-14(4-10-17)13-23-19(27)15-5-7-16(21)8-6-15/h5-8,11-12,14,17H,3-4,9-10,13H2,1-2H3,(H,23,27)(H,22,24,25)/t14-,17+. The minimum absolute atomic E-state index is 0.00310. The van der Waals surface area contributed by atoms with Gasteiger partial charge in [0.15, 0.2) is 0 Å². The second kappa shape index (κ2) is 9.17. The molecule has 27 heavy (non-hydrogen) atoms. The lowest BCUT2D eigenvalue weighted by atomic mass is 9.86. The van der Waals surface area contributed by atoms with Gasteiger partial charge in [0.1, 0.15) is 5.82 Å². The second-order valence-corrected chi connectivity index (χ2v) is 8.13. The number of halogens is 1. The summed E-state index contributed by atoms with van der Waals surface area (Å²) in [6.07, 6.45) is 6.09. The van der Waals surface area contributed by atoms with E-state index in [2.05, 4.69) is 36.5 Å². The van der Waals surface area contributed by atoms with Crippen LogP contribution in [-0.2, 0) is 0 Å². The van der Waals surface area contributed by atoms with Crippen molar-refractivity contribution in [3.05, 3.63) is 46.6 Å². The number of benzene rings is 1. The molecule has 0 unspecified atom stereocenters. The lowest BCUT2D eigenvalue weighted by Gasteiger charge is -2.29.